The molecule has 0 aliphatic heterocycles. The lowest BCUT2D eigenvalue weighted by molar-refractivity contribution is -0.116. The average Bonchev–Trinajstić information content (AvgIpc) is 3.00. The lowest BCUT2D eigenvalue weighted by Gasteiger charge is -2.33. The topological polar surface area (TPSA) is 55.4 Å². The minimum atomic E-state index is -0.332. The molecule has 1 unspecified atom stereocenters. The van der Waals surface area contributed by atoms with Crippen molar-refractivity contribution in [2.24, 2.45) is 11.3 Å². The van der Waals surface area contributed by atoms with Crippen LogP contribution in [-0.2, 0) is 22.4 Å². The Morgan fingerprint density at radius 2 is 1.82 bits per heavy atom. The zero-order valence-electron chi connectivity index (χ0n) is 18.3. The van der Waals surface area contributed by atoms with Crippen LogP contribution in [0.5, 0.6) is 0 Å². The second kappa shape index (κ2) is 10.4. The number of ether oxygens (including phenoxy) is 1. The van der Waals surface area contributed by atoms with Gasteiger partial charge in [-0.25, -0.2) is 4.79 Å². The molecule has 1 N–H and O–H groups in total. The highest BCUT2D eigenvalue weighted by atomic mass is 32.1. The zero-order valence-corrected chi connectivity index (χ0v) is 19.1. The first-order chi connectivity index (χ1) is 13.3. The number of hydrogen-bond donors (Lipinski definition) is 1. The number of fused-ring (bicyclic) bond motifs is 1. The molecule has 1 aliphatic carbocycles. The predicted molar refractivity (Wildman–Crippen MR) is 117 cm³/mol. The van der Waals surface area contributed by atoms with Gasteiger partial charge in [-0.1, -0.05) is 59.8 Å². The van der Waals surface area contributed by atoms with Gasteiger partial charge < -0.3 is 10.1 Å². The normalized spacial score (nSPS) is 16.5. The zero-order chi connectivity index (χ0) is 20.7. The molecule has 0 saturated heterocycles. The molecule has 1 amide bonds. The molecule has 0 spiro atoms. The van der Waals surface area contributed by atoms with Crippen LogP contribution in [0.1, 0.15) is 99.9 Å². The molecule has 0 saturated carbocycles. The number of thiophene rings is 1. The van der Waals surface area contributed by atoms with Crippen LogP contribution < -0.4 is 5.32 Å². The van der Waals surface area contributed by atoms with Crippen molar-refractivity contribution in [3.8, 4) is 0 Å². The molecular formula is C23H37NO3S. The van der Waals surface area contributed by atoms with Crippen LogP contribution in [-0.4, -0.2) is 19.0 Å². The molecule has 1 aromatic rings. The van der Waals surface area contributed by atoms with Crippen molar-refractivity contribution in [1.29, 1.82) is 0 Å². The van der Waals surface area contributed by atoms with Crippen LogP contribution in [0.25, 0.3) is 0 Å². The number of nitrogens with one attached hydrogen (secondary N) is 1. The van der Waals surface area contributed by atoms with Crippen molar-refractivity contribution < 1.29 is 14.3 Å². The molecule has 0 fully saturated rings. The SMILES string of the molecule is CCCCCCCCC(=O)Nc1sc2c(c1C(=O)OC)CCC(C(C)(C)C)C2. The standard InChI is InChI=1S/C23H37NO3S/c1-6-7-8-9-10-11-12-19(25)24-21-20(22(26)27-5)17-14-13-16(23(2,3)4)15-18(17)28-21/h16H,6-15H2,1-5H3,(H,24,25). The van der Waals surface area contributed by atoms with E-state index in [-0.39, 0.29) is 17.3 Å². The van der Waals surface area contributed by atoms with Gasteiger partial charge in [0.15, 0.2) is 0 Å². The third-order valence-electron chi connectivity index (χ3n) is 5.89. The molecule has 28 heavy (non-hydrogen) atoms. The molecule has 1 aromatic heterocycles. The molecule has 0 bridgehead atoms. The van der Waals surface area contributed by atoms with Gasteiger partial charge in [0.05, 0.1) is 12.7 Å². The number of unbranched alkanes of at least 4 members (excludes halogenated alkanes) is 5. The van der Waals surface area contributed by atoms with Crippen LogP contribution in [0.4, 0.5) is 5.00 Å². The number of esters is 1. The molecule has 4 nitrogen and oxygen atoms in total. The molecule has 1 heterocycles. The van der Waals surface area contributed by atoms with E-state index < -0.39 is 0 Å². The van der Waals surface area contributed by atoms with Gasteiger partial charge >= 0.3 is 5.97 Å². The molecule has 1 aliphatic rings. The summed E-state index contributed by atoms with van der Waals surface area (Å²) in [4.78, 5) is 26.1. The van der Waals surface area contributed by atoms with Crippen LogP contribution in [0.15, 0.2) is 0 Å². The van der Waals surface area contributed by atoms with Crippen molar-refractivity contribution in [1.82, 2.24) is 0 Å². The maximum absolute atomic E-state index is 12.4. The Balaban J connectivity index is 2.04. The highest BCUT2D eigenvalue weighted by molar-refractivity contribution is 7.17. The highest BCUT2D eigenvalue weighted by Gasteiger charge is 2.34. The summed E-state index contributed by atoms with van der Waals surface area (Å²) >= 11 is 1.57. The number of rotatable bonds is 9. The lowest BCUT2D eigenvalue weighted by Crippen LogP contribution is -2.26. The fraction of sp³-hybridized carbons (Fsp3) is 0.739. The van der Waals surface area contributed by atoms with Gasteiger partial charge in [0, 0.05) is 11.3 Å². The average molecular weight is 408 g/mol. The van der Waals surface area contributed by atoms with Gasteiger partial charge in [-0.05, 0) is 42.6 Å². The first-order valence-electron chi connectivity index (χ1n) is 10.8. The van der Waals surface area contributed by atoms with Crippen molar-refractivity contribution >= 4 is 28.2 Å². The Labute approximate surface area is 174 Å². The number of carbonyl (C=O) groups excluding carboxylic acids is 2. The van der Waals surface area contributed by atoms with E-state index in [2.05, 4.69) is 33.0 Å². The second-order valence-corrected chi connectivity index (χ2v) is 10.2. The van der Waals surface area contributed by atoms with E-state index in [1.807, 2.05) is 0 Å². The van der Waals surface area contributed by atoms with Crippen molar-refractivity contribution in [3.05, 3.63) is 16.0 Å². The fourth-order valence-corrected chi connectivity index (χ4v) is 5.32. The van der Waals surface area contributed by atoms with Crippen LogP contribution in [0.3, 0.4) is 0 Å². The van der Waals surface area contributed by atoms with Gasteiger partial charge in [0.25, 0.3) is 0 Å². The maximum Gasteiger partial charge on any atom is 0.341 e. The molecule has 0 radical (unpaired) electrons. The number of amides is 1. The largest absolute Gasteiger partial charge is 0.465 e. The Kier molecular flexibility index (Phi) is 8.54. The molecule has 2 rings (SSSR count). The fourth-order valence-electron chi connectivity index (χ4n) is 3.99. The van der Waals surface area contributed by atoms with E-state index in [9.17, 15) is 9.59 Å². The van der Waals surface area contributed by atoms with Crippen molar-refractivity contribution in [2.75, 3.05) is 12.4 Å². The monoisotopic (exact) mass is 407 g/mol. The van der Waals surface area contributed by atoms with Crippen LogP contribution in [0, 0.1) is 11.3 Å². The highest BCUT2D eigenvalue weighted by Crippen LogP contribution is 2.44. The summed E-state index contributed by atoms with van der Waals surface area (Å²) in [6.45, 7) is 9.04. The van der Waals surface area contributed by atoms with E-state index in [4.69, 9.17) is 4.74 Å². The predicted octanol–water partition coefficient (Wildman–Crippen LogP) is 6.37. The smallest absolute Gasteiger partial charge is 0.341 e. The van der Waals surface area contributed by atoms with E-state index >= 15 is 0 Å². The third kappa shape index (κ3) is 6.07. The Morgan fingerprint density at radius 1 is 1.14 bits per heavy atom. The van der Waals surface area contributed by atoms with Gasteiger partial charge in [-0.2, -0.15) is 0 Å². The third-order valence-corrected chi connectivity index (χ3v) is 7.06. The number of carbonyl (C=O) groups is 2. The molecule has 1 atom stereocenters. The summed E-state index contributed by atoms with van der Waals surface area (Å²) in [6.07, 6.45) is 10.4. The van der Waals surface area contributed by atoms with Crippen LogP contribution >= 0.6 is 11.3 Å². The van der Waals surface area contributed by atoms with E-state index in [1.165, 1.54) is 37.7 Å². The van der Waals surface area contributed by atoms with Crippen LogP contribution in [0.2, 0.25) is 0 Å². The minimum absolute atomic E-state index is 0.00612. The Morgan fingerprint density at radius 3 is 2.46 bits per heavy atom. The second-order valence-electron chi connectivity index (χ2n) is 9.07. The molecule has 5 heteroatoms. The van der Waals surface area contributed by atoms with Gasteiger partial charge in [-0.3, -0.25) is 4.79 Å². The summed E-state index contributed by atoms with van der Waals surface area (Å²) < 4.78 is 5.03. The summed E-state index contributed by atoms with van der Waals surface area (Å²) in [5.74, 6) is 0.268. The van der Waals surface area contributed by atoms with E-state index in [0.29, 0.717) is 22.9 Å². The summed E-state index contributed by atoms with van der Waals surface area (Å²) in [5, 5.41) is 3.70. The van der Waals surface area contributed by atoms with E-state index in [0.717, 1.165) is 37.7 Å². The lowest BCUT2D eigenvalue weighted by atomic mass is 9.72. The Bertz CT molecular complexity index is 672. The number of methoxy groups -OCH3 is 1. The first kappa shape index (κ1) is 22.9. The van der Waals surface area contributed by atoms with Gasteiger partial charge in [-0.15, -0.1) is 11.3 Å². The van der Waals surface area contributed by atoms with Gasteiger partial charge in [0.2, 0.25) is 5.91 Å². The minimum Gasteiger partial charge on any atom is -0.465 e. The van der Waals surface area contributed by atoms with Crippen molar-refractivity contribution in [2.45, 2.75) is 91.9 Å². The first-order valence-corrected chi connectivity index (χ1v) is 11.6. The molecule has 158 valence electrons. The quantitative estimate of drug-likeness (QED) is 0.382. The summed E-state index contributed by atoms with van der Waals surface area (Å²) in [6, 6.07) is 0. The Hall–Kier alpha value is -1.36. The van der Waals surface area contributed by atoms with E-state index in [1.54, 1.807) is 11.3 Å². The number of hydrogen-bond acceptors (Lipinski definition) is 4. The maximum atomic E-state index is 12.4. The summed E-state index contributed by atoms with van der Waals surface area (Å²) in [7, 11) is 1.41. The van der Waals surface area contributed by atoms with Crippen molar-refractivity contribution in [3.63, 3.8) is 0 Å². The molecular weight excluding hydrogens is 370 g/mol. The molecule has 0 aromatic carbocycles. The number of anilines is 1. The summed E-state index contributed by atoms with van der Waals surface area (Å²) in [5.41, 5.74) is 1.92. The van der Waals surface area contributed by atoms with Gasteiger partial charge in [0.1, 0.15) is 5.00 Å².